The number of aryl methyl sites for hydroxylation is 1. The first-order valence-electron chi connectivity index (χ1n) is 4.53. The molecule has 74 valence electrons. The van der Waals surface area contributed by atoms with E-state index in [0.717, 1.165) is 11.1 Å². The highest BCUT2D eigenvalue weighted by Crippen LogP contribution is 2.35. The quantitative estimate of drug-likeness (QED) is 0.528. The first kappa shape index (κ1) is 9.21. The van der Waals surface area contributed by atoms with Crippen molar-refractivity contribution in [1.82, 2.24) is 0 Å². The Morgan fingerprint density at radius 2 is 2.29 bits per heavy atom. The Morgan fingerprint density at radius 1 is 1.50 bits per heavy atom. The maximum absolute atomic E-state index is 11.4. The zero-order valence-electron chi connectivity index (χ0n) is 8.24. The van der Waals surface area contributed by atoms with Crippen LogP contribution in [0.3, 0.4) is 0 Å². The Kier molecular flexibility index (Phi) is 2.25. The van der Waals surface area contributed by atoms with Crippen LogP contribution in [0, 0.1) is 6.92 Å². The van der Waals surface area contributed by atoms with Gasteiger partial charge in [-0.2, -0.15) is 0 Å². The largest absolute Gasteiger partial charge is 0.426 e. The van der Waals surface area contributed by atoms with E-state index in [1.807, 2.05) is 25.1 Å². The molecule has 0 radical (unpaired) electrons. The van der Waals surface area contributed by atoms with E-state index in [9.17, 15) is 4.79 Å². The molecule has 3 heteroatoms. The van der Waals surface area contributed by atoms with Gasteiger partial charge in [0.25, 0.3) is 0 Å². The smallest absolute Gasteiger partial charge is 0.321 e. The summed E-state index contributed by atoms with van der Waals surface area (Å²) in [6.45, 7) is 2.35. The molecule has 0 N–H and O–H groups in total. The van der Waals surface area contributed by atoms with Crippen LogP contribution >= 0.6 is 0 Å². The molecule has 1 aliphatic heterocycles. The molecule has 1 aromatic rings. The van der Waals surface area contributed by atoms with Gasteiger partial charge in [0.15, 0.2) is 0 Å². The van der Waals surface area contributed by atoms with Gasteiger partial charge in [0.05, 0.1) is 6.61 Å². The van der Waals surface area contributed by atoms with E-state index in [1.165, 1.54) is 0 Å². The van der Waals surface area contributed by atoms with Gasteiger partial charge in [-0.15, -0.1) is 0 Å². The molecule has 0 aromatic heterocycles. The highest BCUT2D eigenvalue weighted by atomic mass is 16.5. The molecular weight excluding hydrogens is 180 g/mol. The number of ether oxygens (including phenoxy) is 2. The van der Waals surface area contributed by atoms with Crippen LogP contribution in [0.4, 0.5) is 0 Å². The normalized spacial score (nSPS) is 19.3. The SMILES string of the molecule is COCC1C(=O)Oc2cc(C)ccc21. The summed E-state index contributed by atoms with van der Waals surface area (Å²) in [5.74, 6) is 0.208. The first-order valence-corrected chi connectivity index (χ1v) is 4.53. The molecule has 0 aliphatic carbocycles. The number of carbonyl (C=O) groups is 1. The summed E-state index contributed by atoms with van der Waals surface area (Å²) in [6.07, 6.45) is 0. The van der Waals surface area contributed by atoms with Crippen molar-refractivity contribution < 1.29 is 14.3 Å². The Labute approximate surface area is 82.6 Å². The summed E-state index contributed by atoms with van der Waals surface area (Å²) in [4.78, 5) is 11.4. The Morgan fingerprint density at radius 3 is 3.00 bits per heavy atom. The molecule has 1 atom stereocenters. The predicted octanol–water partition coefficient (Wildman–Crippen LogP) is 1.64. The van der Waals surface area contributed by atoms with E-state index in [2.05, 4.69) is 0 Å². The molecule has 2 rings (SSSR count). The van der Waals surface area contributed by atoms with Crippen LogP contribution in [0.15, 0.2) is 18.2 Å². The molecule has 0 amide bonds. The third kappa shape index (κ3) is 1.40. The zero-order valence-corrected chi connectivity index (χ0v) is 8.24. The van der Waals surface area contributed by atoms with Gasteiger partial charge in [-0.25, -0.2) is 0 Å². The van der Waals surface area contributed by atoms with Crippen molar-refractivity contribution >= 4 is 5.97 Å². The monoisotopic (exact) mass is 192 g/mol. The number of fused-ring (bicyclic) bond motifs is 1. The van der Waals surface area contributed by atoms with Crippen molar-refractivity contribution in [2.45, 2.75) is 12.8 Å². The molecule has 1 unspecified atom stereocenters. The highest BCUT2D eigenvalue weighted by molar-refractivity contribution is 5.86. The molecular formula is C11H12O3. The molecule has 1 heterocycles. The lowest BCUT2D eigenvalue weighted by molar-refractivity contribution is -0.135. The van der Waals surface area contributed by atoms with Gasteiger partial charge >= 0.3 is 5.97 Å². The van der Waals surface area contributed by atoms with Crippen molar-refractivity contribution in [2.24, 2.45) is 0 Å². The highest BCUT2D eigenvalue weighted by Gasteiger charge is 2.32. The van der Waals surface area contributed by atoms with E-state index in [1.54, 1.807) is 7.11 Å². The summed E-state index contributed by atoms with van der Waals surface area (Å²) >= 11 is 0. The Balaban J connectivity index is 2.37. The molecule has 0 fully saturated rings. The van der Waals surface area contributed by atoms with Gasteiger partial charge in [0.1, 0.15) is 11.7 Å². The molecule has 0 saturated heterocycles. The first-order chi connectivity index (χ1) is 6.72. The van der Waals surface area contributed by atoms with Crippen LogP contribution in [0.1, 0.15) is 17.0 Å². The van der Waals surface area contributed by atoms with E-state index in [-0.39, 0.29) is 11.9 Å². The fourth-order valence-corrected chi connectivity index (χ4v) is 1.65. The van der Waals surface area contributed by atoms with Crippen molar-refractivity contribution in [3.63, 3.8) is 0 Å². The van der Waals surface area contributed by atoms with E-state index >= 15 is 0 Å². The summed E-state index contributed by atoms with van der Waals surface area (Å²) in [6, 6.07) is 5.78. The minimum Gasteiger partial charge on any atom is -0.426 e. The summed E-state index contributed by atoms with van der Waals surface area (Å²) in [7, 11) is 1.58. The zero-order chi connectivity index (χ0) is 10.1. The Hall–Kier alpha value is -1.35. The van der Waals surface area contributed by atoms with Crippen molar-refractivity contribution in [3.05, 3.63) is 29.3 Å². The van der Waals surface area contributed by atoms with Crippen LogP contribution in [0.5, 0.6) is 5.75 Å². The summed E-state index contributed by atoms with van der Waals surface area (Å²) in [5.41, 5.74) is 2.03. The van der Waals surface area contributed by atoms with Crippen LogP contribution in [-0.4, -0.2) is 19.7 Å². The van der Waals surface area contributed by atoms with Crippen LogP contribution in [0.2, 0.25) is 0 Å². The topological polar surface area (TPSA) is 35.5 Å². The van der Waals surface area contributed by atoms with Gasteiger partial charge in [0, 0.05) is 12.7 Å². The lowest BCUT2D eigenvalue weighted by Gasteiger charge is -2.04. The standard InChI is InChI=1S/C11H12O3/c1-7-3-4-8-9(6-13-2)11(12)14-10(8)5-7/h3-5,9H,6H2,1-2H3. The van der Waals surface area contributed by atoms with Gasteiger partial charge in [-0.05, 0) is 18.6 Å². The third-order valence-electron chi connectivity index (χ3n) is 2.37. The van der Waals surface area contributed by atoms with E-state index < -0.39 is 0 Å². The van der Waals surface area contributed by atoms with Crippen molar-refractivity contribution in [2.75, 3.05) is 13.7 Å². The second kappa shape index (κ2) is 3.42. The van der Waals surface area contributed by atoms with E-state index in [4.69, 9.17) is 9.47 Å². The minimum absolute atomic E-state index is 0.215. The third-order valence-corrected chi connectivity index (χ3v) is 2.37. The van der Waals surface area contributed by atoms with Crippen molar-refractivity contribution in [1.29, 1.82) is 0 Å². The van der Waals surface area contributed by atoms with E-state index in [0.29, 0.717) is 12.4 Å². The fourth-order valence-electron chi connectivity index (χ4n) is 1.65. The van der Waals surface area contributed by atoms with Gasteiger partial charge < -0.3 is 9.47 Å². The molecule has 1 aromatic carbocycles. The summed E-state index contributed by atoms with van der Waals surface area (Å²) in [5, 5.41) is 0. The van der Waals surface area contributed by atoms with Gasteiger partial charge in [-0.1, -0.05) is 12.1 Å². The average Bonchev–Trinajstić information content (AvgIpc) is 2.43. The van der Waals surface area contributed by atoms with Crippen LogP contribution in [0.25, 0.3) is 0 Å². The van der Waals surface area contributed by atoms with Crippen molar-refractivity contribution in [3.8, 4) is 5.75 Å². The number of hydrogen-bond donors (Lipinski definition) is 0. The number of carbonyl (C=O) groups excluding carboxylic acids is 1. The maximum atomic E-state index is 11.4. The number of hydrogen-bond acceptors (Lipinski definition) is 3. The van der Waals surface area contributed by atoms with Gasteiger partial charge in [-0.3, -0.25) is 4.79 Å². The second-order valence-corrected chi connectivity index (χ2v) is 3.47. The predicted molar refractivity (Wildman–Crippen MR) is 51.4 cm³/mol. The van der Waals surface area contributed by atoms with Crippen LogP contribution in [-0.2, 0) is 9.53 Å². The number of esters is 1. The molecule has 14 heavy (non-hydrogen) atoms. The van der Waals surface area contributed by atoms with Crippen LogP contribution < -0.4 is 4.74 Å². The fraction of sp³-hybridized carbons (Fsp3) is 0.364. The second-order valence-electron chi connectivity index (χ2n) is 3.47. The molecule has 3 nitrogen and oxygen atoms in total. The average molecular weight is 192 g/mol. The molecule has 1 aliphatic rings. The number of rotatable bonds is 2. The number of methoxy groups -OCH3 is 1. The molecule has 0 saturated carbocycles. The summed E-state index contributed by atoms with van der Waals surface area (Å²) < 4.78 is 10.1. The number of benzene rings is 1. The lowest BCUT2D eigenvalue weighted by Crippen LogP contribution is -2.14. The Bertz CT molecular complexity index is 371. The maximum Gasteiger partial charge on any atom is 0.321 e. The molecule has 0 bridgehead atoms. The minimum atomic E-state index is -0.254. The van der Waals surface area contributed by atoms with Gasteiger partial charge in [0.2, 0.25) is 0 Å². The lowest BCUT2D eigenvalue weighted by atomic mass is 10.0. The molecule has 0 spiro atoms.